The van der Waals surface area contributed by atoms with Crippen LogP contribution < -0.4 is 4.90 Å². The van der Waals surface area contributed by atoms with Crippen LogP contribution >= 0.6 is 0 Å². The molecule has 0 aromatic heterocycles. The zero-order chi connectivity index (χ0) is 16.3. The van der Waals surface area contributed by atoms with Gasteiger partial charge < -0.3 is 9.64 Å². The molecule has 0 unspecified atom stereocenters. The number of rotatable bonds is 5. The van der Waals surface area contributed by atoms with Gasteiger partial charge in [-0.05, 0) is 49.9 Å². The van der Waals surface area contributed by atoms with E-state index in [0.717, 1.165) is 31.6 Å². The Bertz CT molecular complexity index is 598. The van der Waals surface area contributed by atoms with Crippen molar-refractivity contribution in [3.63, 3.8) is 0 Å². The van der Waals surface area contributed by atoms with Gasteiger partial charge in [-0.2, -0.15) is 0 Å². The second-order valence-electron chi connectivity index (χ2n) is 6.63. The summed E-state index contributed by atoms with van der Waals surface area (Å²) >= 11 is 0. The van der Waals surface area contributed by atoms with Crippen molar-refractivity contribution in [1.29, 1.82) is 0 Å². The molecule has 1 saturated carbocycles. The molecule has 1 aliphatic heterocycles. The molecule has 5 heteroatoms. The van der Waals surface area contributed by atoms with E-state index in [2.05, 4.69) is 4.90 Å². The zero-order valence-corrected chi connectivity index (χ0v) is 14.7. The average Bonchev–Trinajstić information content (AvgIpc) is 3.09. The van der Waals surface area contributed by atoms with E-state index in [1.54, 1.807) is 19.1 Å². The number of hydrogen-bond acceptors (Lipinski definition) is 4. The number of anilines is 1. The lowest BCUT2D eigenvalue weighted by Crippen LogP contribution is -2.38. The maximum Gasteiger partial charge on any atom is 0.178 e. The molecule has 2 fully saturated rings. The van der Waals surface area contributed by atoms with Crippen molar-refractivity contribution in [2.75, 3.05) is 23.7 Å². The average molecular weight is 337 g/mol. The Hall–Kier alpha value is -1.07. The van der Waals surface area contributed by atoms with E-state index in [4.69, 9.17) is 4.74 Å². The van der Waals surface area contributed by atoms with Crippen LogP contribution in [0.25, 0.3) is 0 Å². The highest BCUT2D eigenvalue weighted by molar-refractivity contribution is 7.91. The molecular weight excluding hydrogens is 310 g/mol. The maximum absolute atomic E-state index is 11.9. The highest BCUT2D eigenvalue weighted by Gasteiger charge is 2.25. The summed E-state index contributed by atoms with van der Waals surface area (Å²) in [7, 11) is -3.11. The normalized spacial score (nSPS) is 21.0. The Morgan fingerprint density at radius 3 is 2.13 bits per heavy atom. The van der Waals surface area contributed by atoms with E-state index in [9.17, 15) is 8.42 Å². The first-order chi connectivity index (χ1) is 11.1. The fourth-order valence-corrected chi connectivity index (χ4v) is 4.46. The summed E-state index contributed by atoms with van der Waals surface area (Å²) in [6.45, 7) is 3.65. The second-order valence-corrected chi connectivity index (χ2v) is 8.90. The van der Waals surface area contributed by atoms with Crippen LogP contribution in [0.4, 0.5) is 5.69 Å². The molecule has 23 heavy (non-hydrogen) atoms. The fourth-order valence-electron chi connectivity index (χ4n) is 3.58. The van der Waals surface area contributed by atoms with E-state index < -0.39 is 9.84 Å². The predicted octanol–water partition coefficient (Wildman–Crippen LogP) is 3.41. The molecule has 0 bridgehead atoms. The van der Waals surface area contributed by atoms with Gasteiger partial charge in [0.25, 0.3) is 0 Å². The first kappa shape index (κ1) is 16.8. The summed E-state index contributed by atoms with van der Waals surface area (Å²) in [6, 6.07) is 7.33. The van der Waals surface area contributed by atoms with Gasteiger partial charge in [0.1, 0.15) is 0 Å². The van der Waals surface area contributed by atoms with Gasteiger partial charge in [-0.1, -0.05) is 19.8 Å². The minimum atomic E-state index is -3.11. The monoisotopic (exact) mass is 337 g/mol. The Morgan fingerprint density at radius 2 is 1.57 bits per heavy atom. The fraction of sp³-hybridized carbons (Fsp3) is 0.667. The summed E-state index contributed by atoms with van der Waals surface area (Å²) in [5.41, 5.74) is 1.11. The lowest BCUT2D eigenvalue weighted by molar-refractivity contribution is -0.0194. The van der Waals surface area contributed by atoms with E-state index in [0.29, 0.717) is 17.1 Å². The van der Waals surface area contributed by atoms with Crippen LogP contribution in [0, 0.1) is 0 Å². The Labute approximate surface area is 139 Å². The first-order valence-electron chi connectivity index (χ1n) is 8.82. The van der Waals surface area contributed by atoms with Crippen molar-refractivity contribution in [2.24, 2.45) is 0 Å². The van der Waals surface area contributed by atoms with Crippen LogP contribution in [-0.4, -0.2) is 39.5 Å². The van der Waals surface area contributed by atoms with Gasteiger partial charge in [-0.25, -0.2) is 8.42 Å². The third-order valence-electron chi connectivity index (χ3n) is 5.07. The highest BCUT2D eigenvalue weighted by Crippen LogP contribution is 2.27. The van der Waals surface area contributed by atoms with E-state index in [1.165, 1.54) is 25.7 Å². The molecule has 0 radical (unpaired) electrons. The van der Waals surface area contributed by atoms with Crippen molar-refractivity contribution in [3.8, 4) is 0 Å². The Balaban J connectivity index is 1.55. The van der Waals surface area contributed by atoms with E-state index in [-0.39, 0.29) is 5.75 Å². The molecule has 0 spiro atoms. The lowest BCUT2D eigenvalue weighted by atomic mass is 10.1. The highest BCUT2D eigenvalue weighted by atomic mass is 32.2. The molecule has 1 aliphatic carbocycles. The van der Waals surface area contributed by atoms with Crippen molar-refractivity contribution in [1.82, 2.24) is 0 Å². The summed E-state index contributed by atoms with van der Waals surface area (Å²) in [5.74, 6) is 0.149. The number of ether oxygens (including phenoxy) is 1. The van der Waals surface area contributed by atoms with Crippen LogP contribution in [0.1, 0.15) is 45.4 Å². The van der Waals surface area contributed by atoms with Crippen LogP contribution in [0.15, 0.2) is 29.2 Å². The quantitative estimate of drug-likeness (QED) is 0.826. The van der Waals surface area contributed by atoms with Crippen molar-refractivity contribution >= 4 is 15.5 Å². The first-order valence-corrected chi connectivity index (χ1v) is 10.5. The van der Waals surface area contributed by atoms with Gasteiger partial charge >= 0.3 is 0 Å². The number of hydrogen-bond donors (Lipinski definition) is 0. The maximum atomic E-state index is 11.9. The topological polar surface area (TPSA) is 46.6 Å². The molecule has 4 nitrogen and oxygen atoms in total. The summed E-state index contributed by atoms with van der Waals surface area (Å²) in [6.07, 6.45) is 8.10. The second kappa shape index (κ2) is 7.22. The molecule has 1 heterocycles. The van der Waals surface area contributed by atoms with E-state index >= 15 is 0 Å². The van der Waals surface area contributed by atoms with Gasteiger partial charge in [-0.3, -0.25) is 0 Å². The van der Waals surface area contributed by atoms with Gasteiger partial charge in [0.2, 0.25) is 0 Å². The summed E-state index contributed by atoms with van der Waals surface area (Å²) < 4.78 is 29.9. The zero-order valence-electron chi connectivity index (χ0n) is 13.9. The third-order valence-corrected chi connectivity index (χ3v) is 6.82. The van der Waals surface area contributed by atoms with Crippen LogP contribution in [-0.2, 0) is 14.6 Å². The minimum absolute atomic E-state index is 0.149. The smallest absolute Gasteiger partial charge is 0.178 e. The SMILES string of the molecule is CCS(=O)(=O)c1ccc(N2CCC(OC3CCCC3)CC2)cc1. The third kappa shape index (κ3) is 4.07. The molecule has 0 N–H and O–H groups in total. The lowest BCUT2D eigenvalue weighted by Gasteiger charge is -2.34. The van der Waals surface area contributed by atoms with Gasteiger partial charge in [0.05, 0.1) is 22.9 Å². The largest absolute Gasteiger partial charge is 0.375 e. The van der Waals surface area contributed by atoms with Crippen molar-refractivity contribution in [2.45, 2.75) is 62.6 Å². The number of piperidine rings is 1. The Morgan fingerprint density at radius 1 is 1.00 bits per heavy atom. The number of nitrogens with zero attached hydrogens (tertiary/aromatic N) is 1. The van der Waals surface area contributed by atoms with Crippen LogP contribution in [0.5, 0.6) is 0 Å². The molecule has 0 amide bonds. The van der Waals surface area contributed by atoms with Gasteiger partial charge in [0.15, 0.2) is 9.84 Å². The summed E-state index contributed by atoms with van der Waals surface area (Å²) in [4.78, 5) is 2.75. The molecule has 1 aromatic carbocycles. The number of sulfone groups is 1. The van der Waals surface area contributed by atoms with Crippen molar-refractivity contribution in [3.05, 3.63) is 24.3 Å². The molecule has 0 atom stereocenters. The van der Waals surface area contributed by atoms with Crippen LogP contribution in [0.3, 0.4) is 0 Å². The molecule has 1 aromatic rings. The molecule has 2 aliphatic rings. The Kier molecular flexibility index (Phi) is 5.27. The molecular formula is C18H27NO3S. The predicted molar refractivity (Wildman–Crippen MR) is 92.7 cm³/mol. The van der Waals surface area contributed by atoms with Crippen molar-refractivity contribution < 1.29 is 13.2 Å². The number of benzene rings is 1. The molecule has 128 valence electrons. The van der Waals surface area contributed by atoms with Gasteiger partial charge in [-0.15, -0.1) is 0 Å². The molecule has 3 rings (SSSR count). The summed E-state index contributed by atoms with van der Waals surface area (Å²) in [5, 5.41) is 0. The minimum Gasteiger partial charge on any atom is -0.375 e. The standard InChI is InChI=1S/C18H27NO3S/c1-2-23(20,21)18-9-7-15(8-10-18)19-13-11-17(12-14-19)22-16-5-3-4-6-16/h7-10,16-17H,2-6,11-14H2,1H3. The van der Waals surface area contributed by atoms with Gasteiger partial charge in [0, 0.05) is 18.8 Å². The van der Waals surface area contributed by atoms with Crippen LogP contribution in [0.2, 0.25) is 0 Å². The van der Waals surface area contributed by atoms with E-state index in [1.807, 2.05) is 12.1 Å². The molecule has 1 saturated heterocycles.